The normalized spacial score (nSPS) is 24.1. The molecule has 100 valence electrons. The van der Waals surface area contributed by atoms with E-state index in [1.54, 1.807) is 11.3 Å². The van der Waals surface area contributed by atoms with Crippen LogP contribution in [0.2, 0.25) is 0 Å². The standard InChI is InChI=1S/C13H20N2O2S/c1-9-15-11(8-18-9)7-14-6-10-4-2-3-5-12(10)13(16)17/h8,10,12,14H,2-7H2,1H3,(H,16,17). The van der Waals surface area contributed by atoms with E-state index < -0.39 is 5.97 Å². The van der Waals surface area contributed by atoms with Crippen molar-refractivity contribution in [3.8, 4) is 0 Å². The van der Waals surface area contributed by atoms with Crippen molar-refractivity contribution in [3.05, 3.63) is 16.1 Å². The van der Waals surface area contributed by atoms with E-state index in [-0.39, 0.29) is 11.8 Å². The average Bonchev–Trinajstić information content (AvgIpc) is 2.75. The number of carboxylic acids is 1. The predicted molar refractivity (Wildman–Crippen MR) is 71.6 cm³/mol. The minimum Gasteiger partial charge on any atom is -0.481 e. The molecule has 1 aliphatic rings. The van der Waals surface area contributed by atoms with Crippen molar-refractivity contribution >= 4 is 17.3 Å². The van der Waals surface area contributed by atoms with Crippen molar-refractivity contribution in [1.29, 1.82) is 0 Å². The molecule has 0 amide bonds. The lowest BCUT2D eigenvalue weighted by Crippen LogP contribution is -2.34. The van der Waals surface area contributed by atoms with E-state index in [0.29, 0.717) is 0 Å². The number of aromatic nitrogens is 1. The SMILES string of the molecule is Cc1nc(CNCC2CCCCC2C(=O)O)cs1. The second-order valence-corrected chi connectivity index (χ2v) is 6.04. The van der Waals surface area contributed by atoms with Crippen molar-refractivity contribution in [1.82, 2.24) is 10.3 Å². The molecule has 1 aliphatic carbocycles. The van der Waals surface area contributed by atoms with Gasteiger partial charge in [-0.05, 0) is 32.2 Å². The molecule has 0 aliphatic heterocycles. The minimum absolute atomic E-state index is 0.163. The van der Waals surface area contributed by atoms with Gasteiger partial charge < -0.3 is 10.4 Å². The Morgan fingerprint density at radius 2 is 2.33 bits per heavy atom. The number of aryl methyl sites for hydroxylation is 1. The number of hydrogen-bond donors (Lipinski definition) is 2. The van der Waals surface area contributed by atoms with Gasteiger partial charge in [-0.25, -0.2) is 4.98 Å². The van der Waals surface area contributed by atoms with Gasteiger partial charge in [0.2, 0.25) is 0 Å². The highest BCUT2D eigenvalue weighted by molar-refractivity contribution is 7.09. The topological polar surface area (TPSA) is 62.2 Å². The van der Waals surface area contributed by atoms with E-state index in [1.165, 1.54) is 0 Å². The van der Waals surface area contributed by atoms with Gasteiger partial charge in [-0.15, -0.1) is 11.3 Å². The Hall–Kier alpha value is -0.940. The molecule has 1 saturated carbocycles. The van der Waals surface area contributed by atoms with Crippen LogP contribution in [0, 0.1) is 18.8 Å². The fourth-order valence-corrected chi connectivity index (χ4v) is 3.26. The van der Waals surface area contributed by atoms with Gasteiger partial charge in [0, 0.05) is 11.9 Å². The van der Waals surface area contributed by atoms with Crippen LogP contribution in [-0.2, 0) is 11.3 Å². The molecule has 0 bridgehead atoms. The first-order valence-corrected chi connectivity index (χ1v) is 7.39. The van der Waals surface area contributed by atoms with Gasteiger partial charge in [-0.3, -0.25) is 4.79 Å². The zero-order valence-electron chi connectivity index (χ0n) is 10.7. The molecule has 0 aromatic carbocycles. The molecule has 1 aromatic rings. The Morgan fingerprint density at radius 3 is 3.00 bits per heavy atom. The first-order valence-electron chi connectivity index (χ1n) is 6.51. The number of rotatable bonds is 5. The van der Waals surface area contributed by atoms with Crippen LogP contribution in [0.4, 0.5) is 0 Å². The molecule has 1 fully saturated rings. The molecule has 2 rings (SSSR count). The summed E-state index contributed by atoms with van der Waals surface area (Å²) in [6.07, 6.45) is 4.07. The molecule has 0 spiro atoms. The fraction of sp³-hybridized carbons (Fsp3) is 0.692. The van der Waals surface area contributed by atoms with E-state index in [9.17, 15) is 9.90 Å². The Balaban J connectivity index is 1.79. The van der Waals surface area contributed by atoms with Crippen molar-refractivity contribution in [3.63, 3.8) is 0 Å². The lowest BCUT2D eigenvalue weighted by Gasteiger charge is -2.28. The molecule has 5 heteroatoms. The minimum atomic E-state index is -0.633. The number of carboxylic acid groups (broad SMARTS) is 1. The average molecular weight is 268 g/mol. The van der Waals surface area contributed by atoms with Crippen LogP contribution in [0.25, 0.3) is 0 Å². The smallest absolute Gasteiger partial charge is 0.306 e. The van der Waals surface area contributed by atoms with Crippen LogP contribution in [-0.4, -0.2) is 22.6 Å². The Kier molecular flexibility index (Phi) is 4.72. The summed E-state index contributed by atoms with van der Waals surface area (Å²) >= 11 is 1.65. The second-order valence-electron chi connectivity index (χ2n) is 4.98. The molecule has 4 nitrogen and oxygen atoms in total. The van der Waals surface area contributed by atoms with Crippen LogP contribution < -0.4 is 5.32 Å². The van der Waals surface area contributed by atoms with Gasteiger partial charge in [0.1, 0.15) is 0 Å². The van der Waals surface area contributed by atoms with Gasteiger partial charge >= 0.3 is 5.97 Å². The van der Waals surface area contributed by atoms with Gasteiger partial charge in [0.05, 0.1) is 16.6 Å². The van der Waals surface area contributed by atoms with Crippen molar-refractivity contribution in [2.24, 2.45) is 11.8 Å². The maximum absolute atomic E-state index is 11.2. The first-order chi connectivity index (χ1) is 8.66. The summed E-state index contributed by atoms with van der Waals surface area (Å²) in [4.78, 5) is 15.5. The predicted octanol–water partition coefficient (Wildman–Crippen LogP) is 2.43. The highest BCUT2D eigenvalue weighted by Gasteiger charge is 2.30. The molecule has 0 saturated heterocycles. The van der Waals surface area contributed by atoms with Crippen LogP contribution in [0.15, 0.2) is 5.38 Å². The van der Waals surface area contributed by atoms with Crippen molar-refractivity contribution < 1.29 is 9.90 Å². The molecule has 2 unspecified atom stereocenters. The van der Waals surface area contributed by atoms with E-state index in [1.807, 2.05) is 6.92 Å². The maximum atomic E-state index is 11.2. The van der Waals surface area contributed by atoms with Crippen LogP contribution in [0.5, 0.6) is 0 Å². The molecule has 1 heterocycles. The van der Waals surface area contributed by atoms with E-state index >= 15 is 0 Å². The summed E-state index contributed by atoms with van der Waals surface area (Å²) in [5, 5.41) is 15.7. The van der Waals surface area contributed by atoms with Crippen molar-refractivity contribution in [2.45, 2.75) is 39.2 Å². The lowest BCUT2D eigenvalue weighted by molar-refractivity contribution is -0.144. The number of hydrogen-bond acceptors (Lipinski definition) is 4. The zero-order valence-corrected chi connectivity index (χ0v) is 11.5. The highest BCUT2D eigenvalue weighted by atomic mass is 32.1. The summed E-state index contributed by atoms with van der Waals surface area (Å²) < 4.78 is 0. The zero-order chi connectivity index (χ0) is 13.0. The number of aliphatic carboxylic acids is 1. The molecule has 2 atom stereocenters. The quantitative estimate of drug-likeness (QED) is 0.861. The van der Waals surface area contributed by atoms with Gasteiger partial charge in [-0.2, -0.15) is 0 Å². The van der Waals surface area contributed by atoms with E-state index in [0.717, 1.165) is 49.5 Å². The van der Waals surface area contributed by atoms with E-state index in [2.05, 4.69) is 15.7 Å². The number of nitrogens with zero attached hydrogens (tertiary/aromatic N) is 1. The summed E-state index contributed by atoms with van der Waals surface area (Å²) in [5.74, 6) is -0.523. The Labute approximate surface area is 111 Å². The van der Waals surface area contributed by atoms with Gasteiger partial charge in [-0.1, -0.05) is 12.8 Å². The summed E-state index contributed by atoms with van der Waals surface area (Å²) in [5.41, 5.74) is 1.06. The summed E-state index contributed by atoms with van der Waals surface area (Å²) in [7, 11) is 0. The Bertz CT molecular complexity index is 405. The largest absolute Gasteiger partial charge is 0.481 e. The molecule has 1 aromatic heterocycles. The molecule has 2 N–H and O–H groups in total. The molecular weight excluding hydrogens is 248 g/mol. The van der Waals surface area contributed by atoms with Crippen LogP contribution >= 0.6 is 11.3 Å². The fourth-order valence-electron chi connectivity index (χ4n) is 2.65. The monoisotopic (exact) mass is 268 g/mol. The summed E-state index contributed by atoms with van der Waals surface area (Å²) in [6.45, 7) is 3.52. The third-order valence-corrected chi connectivity index (χ3v) is 4.43. The van der Waals surface area contributed by atoms with E-state index in [4.69, 9.17) is 0 Å². The number of thiazole rings is 1. The first kappa shape index (κ1) is 13.5. The molecular formula is C13H20N2O2S. The molecule has 18 heavy (non-hydrogen) atoms. The number of carbonyl (C=O) groups is 1. The summed E-state index contributed by atoms with van der Waals surface area (Å²) in [6, 6.07) is 0. The third-order valence-electron chi connectivity index (χ3n) is 3.61. The van der Waals surface area contributed by atoms with Crippen LogP contribution in [0.3, 0.4) is 0 Å². The second kappa shape index (κ2) is 6.29. The highest BCUT2D eigenvalue weighted by Crippen LogP contribution is 2.29. The van der Waals surface area contributed by atoms with Gasteiger partial charge in [0.25, 0.3) is 0 Å². The maximum Gasteiger partial charge on any atom is 0.306 e. The Morgan fingerprint density at radius 1 is 1.56 bits per heavy atom. The lowest BCUT2D eigenvalue weighted by atomic mass is 9.79. The molecule has 0 radical (unpaired) electrons. The van der Waals surface area contributed by atoms with Crippen LogP contribution in [0.1, 0.15) is 36.4 Å². The van der Waals surface area contributed by atoms with Gasteiger partial charge in [0.15, 0.2) is 0 Å². The number of nitrogens with one attached hydrogen (secondary N) is 1. The van der Waals surface area contributed by atoms with Crippen molar-refractivity contribution in [2.75, 3.05) is 6.54 Å². The third kappa shape index (κ3) is 3.53.